The fourth-order valence-corrected chi connectivity index (χ4v) is 3.38. The number of nitrogens with zero attached hydrogens (tertiary/aromatic N) is 2. The van der Waals surface area contributed by atoms with Gasteiger partial charge in [0.2, 0.25) is 6.41 Å². The van der Waals surface area contributed by atoms with Crippen LogP contribution < -0.4 is 10.6 Å². The number of urea groups is 1. The highest BCUT2D eigenvalue weighted by Crippen LogP contribution is 2.40. The molecule has 2 heterocycles. The van der Waals surface area contributed by atoms with Crippen LogP contribution in [0.25, 0.3) is 0 Å². The molecule has 1 atom stereocenters. The lowest BCUT2D eigenvalue weighted by atomic mass is 10.0. The number of anilines is 1. The van der Waals surface area contributed by atoms with Gasteiger partial charge in [-0.15, -0.1) is 0 Å². The number of fused-ring (bicyclic) bond motifs is 1. The van der Waals surface area contributed by atoms with Crippen molar-refractivity contribution in [2.75, 3.05) is 11.9 Å². The molecule has 4 N–H and O–H groups in total. The summed E-state index contributed by atoms with van der Waals surface area (Å²) in [5.41, 5.74) is 1.94. The Bertz CT molecular complexity index is 787. The van der Waals surface area contributed by atoms with Crippen LogP contribution in [-0.2, 0) is 16.9 Å². The third-order valence-electron chi connectivity index (χ3n) is 4.83. The number of H-pyrrole nitrogens is 1. The summed E-state index contributed by atoms with van der Waals surface area (Å²) in [7, 11) is 0. The van der Waals surface area contributed by atoms with E-state index in [0.29, 0.717) is 25.2 Å². The highest BCUT2D eigenvalue weighted by Gasteiger charge is 2.44. The number of benzene rings is 1. The molecule has 26 heavy (non-hydrogen) atoms. The quantitative estimate of drug-likeness (QED) is 0.591. The summed E-state index contributed by atoms with van der Waals surface area (Å²) < 4.78 is 0. The van der Waals surface area contributed by atoms with Gasteiger partial charge in [0.25, 0.3) is 0 Å². The maximum absolute atomic E-state index is 13.0. The zero-order valence-corrected chi connectivity index (χ0v) is 14.8. The molecular weight excluding hydrogens is 334 g/mol. The molecular formula is C18H23N5O3. The summed E-state index contributed by atoms with van der Waals surface area (Å²) in [5, 5.41) is 22.0. The number of nitrogens with one attached hydrogen (secondary N) is 3. The van der Waals surface area contributed by atoms with E-state index in [9.17, 15) is 14.7 Å². The molecule has 1 aliphatic heterocycles. The van der Waals surface area contributed by atoms with Gasteiger partial charge in [0.05, 0.1) is 23.8 Å². The van der Waals surface area contributed by atoms with Crippen LogP contribution in [0, 0.1) is 0 Å². The Balaban J connectivity index is 1.80. The van der Waals surface area contributed by atoms with E-state index in [1.807, 2.05) is 44.2 Å². The van der Waals surface area contributed by atoms with Gasteiger partial charge in [-0.25, -0.2) is 4.79 Å². The average molecular weight is 357 g/mol. The first-order valence-electron chi connectivity index (χ1n) is 8.51. The monoisotopic (exact) mass is 357 g/mol. The number of aliphatic hydroxyl groups is 1. The predicted molar refractivity (Wildman–Crippen MR) is 96.3 cm³/mol. The second kappa shape index (κ2) is 7.17. The SMILES string of the molecule is CC1(C)c2[nH]nc(NC=O)c2CN1C(=O)N[C@H](CCO)c1ccccc1. The van der Waals surface area contributed by atoms with Crippen LogP contribution in [0.15, 0.2) is 30.3 Å². The molecule has 138 valence electrons. The Kier molecular flexibility index (Phi) is 4.94. The van der Waals surface area contributed by atoms with Crippen LogP contribution in [0.3, 0.4) is 0 Å². The Morgan fingerprint density at radius 3 is 2.81 bits per heavy atom. The fraction of sp³-hybridized carbons (Fsp3) is 0.389. The van der Waals surface area contributed by atoms with E-state index in [2.05, 4.69) is 20.8 Å². The number of aromatic amines is 1. The Hall–Kier alpha value is -2.87. The van der Waals surface area contributed by atoms with Crippen molar-refractivity contribution in [1.82, 2.24) is 20.4 Å². The summed E-state index contributed by atoms with van der Waals surface area (Å²) in [4.78, 5) is 25.4. The van der Waals surface area contributed by atoms with Crippen molar-refractivity contribution in [3.05, 3.63) is 47.2 Å². The first kappa shape index (κ1) is 17.9. The van der Waals surface area contributed by atoms with E-state index in [4.69, 9.17) is 0 Å². The minimum absolute atomic E-state index is 0.0282. The number of hydrogen-bond donors (Lipinski definition) is 4. The van der Waals surface area contributed by atoms with Gasteiger partial charge in [-0.3, -0.25) is 9.89 Å². The zero-order chi connectivity index (χ0) is 18.7. The summed E-state index contributed by atoms with van der Waals surface area (Å²) in [6.45, 7) is 4.15. The molecule has 2 aromatic rings. The molecule has 0 fully saturated rings. The molecule has 0 aliphatic carbocycles. The van der Waals surface area contributed by atoms with Crippen molar-refractivity contribution in [3.63, 3.8) is 0 Å². The highest BCUT2D eigenvalue weighted by atomic mass is 16.3. The van der Waals surface area contributed by atoms with Gasteiger partial charge in [0.1, 0.15) is 0 Å². The third-order valence-corrected chi connectivity index (χ3v) is 4.83. The minimum Gasteiger partial charge on any atom is -0.396 e. The zero-order valence-electron chi connectivity index (χ0n) is 14.8. The fourth-order valence-electron chi connectivity index (χ4n) is 3.38. The van der Waals surface area contributed by atoms with E-state index in [1.54, 1.807) is 4.90 Å². The van der Waals surface area contributed by atoms with Gasteiger partial charge in [-0.1, -0.05) is 30.3 Å². The Labute approximate surface area is 151 Å². The summed E-state index contributed by atoms with van der Waals surface area (Å²) >= 11 is 0. The molecule has 0 radical (unpaired) electrons. The topological polar surface area (TPSA) is 110 Å². The number of rotatable bonds is 6. The standard InChI is InChI=1S/C18H23N5O3/c1-18(2)15-13(16(19-11-25)22-21-15)10-23(18)17(26)20-14(8-9-24)12-6-4-3-5-7-12/h3-7,11,14,24H,8-10H2,1-2H3,(H,20,26)(H2,19,21,22,25)/t14-/m1/s1. The molecule has 1 aliphatic rings. The van der Waals surface area contributed by atoms with Gasteiger partial charge >= 0.3 is 6.03 Å². The summed E-state index contributed by atoms with van der Waals surface area (Å²) in [6.07, 6.45) is 0.994. The predicted octanol–water partition coefficient (Wildman–Crippen LogP) is 1.86. The maximum atomic E-state index is 13.0. The van der Waals surface area contributed by atoms with Crippen molar-refractivity contribution >= 4 is 18.3 Å². The molecule has 0 spiro atoms. The van der Waals surface area contributed by atoms with Crippen LogP contribution in [0.1, 0.15) is 43.1 Å². The lowest BCUT2D eigenvalue weighted by Gasteiger charge is -2.33. The second-order valence-electron chi connectivity index (χ2n) is 6.76. The average Bonchev–Trinajstić information content (AvgIpc) is 3.14. The van der Waals surface area contributed by atoms with Crippen LogP contribution >= 0.6 is 0 Å². The highest BCUT2D eigenvalue weighted by molar-refractivity contribution is 5.79. The van der Waals surface area contributed by atoms with Crippen molar-refractivity contribution in [3.8, 4) is 0 Å². The number of hydrogen-bond acceptors (Lipinski definition) is 4. The Morgan fingerprint density at radius 1 is 1.42 bits per heavy atom. The molecule has 3 amide bonds. The number of aromatic nitrogens is 2. The molecule has 1 aromatic carbocycles. The van der Waals surface area contributed by atoms with Crippen molar-refractivity contribution in [1.29, 1.82) is 0 Å². The van der Waals surface area contributed by atoms with E-state index >= 15 is 0 Å². The molecule has 8 heteroatoms. The molecule has 8 nitrogen and oxygen atoms in total. The number of carbonyl (C=O) groups is 2. The minimum atomic E-state index is -0.602. The lowest BCUT2D eigenvalue weighted by molar-refractivity contribution is -0.105. The van der Waals surface area contributed by atoms with Crippen LogP contribution in [-0.4, -0.2) is 39.3 Å². The van der Waals surface area contributed by atoms with Gasteiger partial charge in [-0.2, -0.15) is 5.10 Å². The van der Waals surface area contributed by atoms with E-state index in [-0.39, 0.29) is 18.7 Å². The van der Waals surface area contributed by atoms with Crippen molar-refractivity contribution in [2.24, 2.45) is 0 Å². The number of amides is 3. The van der Waals surface area contributed by atoms with Crippen molar-refractivity contribution in [2.45, 2.75) is 38.4 Å². The molecule has 0 saturated heterocycles. The summed E-state index contributed by atoms with van der Waals surface area (Å²) in [6, 6.07) is 9.04. The molecule has 0 unspecified atom stereocenters. The van der Waals surface area contributed by atoms with Crippen molar-refractivity contribution < 1.29 is 14.7 Å². The first-order valence-corrected chi connectivity index (χ1v) is 8.51. The van der Waals surface area contributed by atoms with Crippen LogP contribution in [0.4, 0.5) is 10.6 Å². The van der Waals surface area contributed by atoms with Crippen LogP contribution in [0.2, 0.25) is 0 Å². The third kappa shape index (κ3) is 3.15. The number of carbonyl (C=O) groups excluding carboxylic acids is 2. The Morgan fingerprint density at radius 2 is 2.15 bits per heavy atom. The normalized spacial score (nSPS) is 16.0. The van der Waals surface area contributed by atoms with E-state index in [1.165, 1.54) is 0 Å². The smallest absolute Gasteiger partial charge is 0.318 e. The van der Waals surface area contributed by atoms with Gasteiger partial charge < -0.3 is 20.6 Å². The number of aliphatic hydroxyl groups excluding tert-OH is 1. The molecule has 0 bridgehead atoms. The second-order valence-corrected chi connectivity index (χ2v) is 6.76. The van der Waals surface area contributed by atoms with Gasteiger partial charge in [-0.05, 0) is 25.8 Å². The lowest BCUT2D eigenvalue weighted by Crippen LogP contribution is -2.47. The maximum Gasteiger partial charge on any atom is 0.318 e. The van der Waals surface area contributed by atoms with Gasteiger partial charge in [0.15, 0.2) is 5.82 Å². The first-order chi connectivity index (χ1) is 12.5. The van der Waals surface area contributed by atoms with Crippen LogP contribution in [0.5, 0.6) is 0 Å². The van der Waals surface area contributed by atoms with E-state index < -0.39 is 5.54 Å². The van der Waals surface area contributed by atoms with Gasteiger partial charge in [0, 0.05) is 12.2 Å². The molecule has 0 saturated carbocycles. The largest absolute Gasteiger partial charge is 0.396 e. The molecule has 3 rings (SSSR count). The summed E-state index contributed by atoms with van der Waals surface area (Å²) in [5.74, 6) is 0.438. The van der Waals surface area contributed by atoms with E-state index in [0.717, 1.165) is 16.8 Å². The molecule has 1 aromatic heterocycles.